The Hall–Kier alpha value is -3.40. The molecule has 0 radical (unpaired) electrons. The van der Waals surface area contributed by atoms with Crippen LogP contribution in [0.25, 0.3) is 10.9 Å². The number of benzene rings is 1. The molecule has 1 aromatic carbocycles. The number of nitrogens with one attached hydrogen (secondary N) is 5. The van der Waals surface area contributed by atoms with E-state index in [9.17, 15) is 14.4 Å². The molecule has 3 amide bonds. The van der Waals surface area contributed by atoms with Crippen LogP contribution in [0.5, 0.6) is 0 Å². The van der Waals surface area contributed by atoms with Crippen molar-refractivity contribution in [1.29, 1.82) is 0 Å². The van der Waals surface area contributed by atoms with Crippen molar-refractivity contribution < 1.29 is 19.1 Å². The number of para-hydroxylation sites is 1. The van der Waals surface area contributed by atoms with Crippen LogP contribution in [0, 0.1) is 0 Å². The molecule has 0 saturated carbocycles. The van der Waals surface area contributed by atoms with Gasteiger partial charge in [-0.05, 0) is 51.5 Å². The summed E-state index contributed by atoms with van der Waals surface area (Å²) in [6.45, 7) is 10.2. The zero-order valence-corrected chi connectivity index (χ0v) is 18.7. The van der Waals surface area contributed by atoms with Crippen LogP contribution in [0.1, 0.15) is 33.3 Å². The summed E-state index contributed by atoms with van der Waals surface area (Å²) >= 11 is 4.98. The molecule has 1 atom stereocenters. The van der Waals surface area contributed by atoms with Gasteiger partial charge in [-0.25, -0.2) is 4.79 Å². The summed E-state index contributed by atoms with van der Waals surface area (Å²) in [6, 6.07) is 6.65. The Kier molecular flexibility index (Phi) is 7.76. The molecule has 0 saturated heterocycles. The summed E-state index contributed by atoms with van der Waals surface area (Å²) in [5.74, 6) is -1.04. The molecular weight excluding hydrogens is 418 g/mol. The van der Waals surface area contributed by atoms with E-state index in [-0.39, 0.29) is 17.1 Å². The van der Waals surface area contributed by atoms with Crippen LogP contribution < -0.4 is 21.5 Å². The van der Waals surface area contributed by atoms with Gasteiger partial charge in [0.25, 0.3) is 11.8 Å². The average molecular weight is 446 g/mol. The van der Waals surface area contributed by atoms with E-state index >= 15 is 0 Å². The number of hydrogen-bond acceptors (Lipinski definition) is 5. The number of fused-ring (bicyclic) bond motifs is 1. The number of ether oxygens (including phenoxy) is 1. The molecule has 166 valence electrons. The highest BCUT2D eigenvalue weighted by molar-refractivity contribution is 7.80. The van der Waals surface area contributed by atoms with Crippen molar-refractivity contribution >= 4 is 46.1 Å². The summed E-state index contributed by atoms with van der Waals surface area (Å²) in [6.07, 6.45) is 1.25. The molecule has 1 aromatic heterocycles. The van der Waals surface area contributed by atoms with Crippen molar-refractivity contribution in [2.24, 2.45) is 0 Å². The van der Waals surface area contributed by atoms with Gasteiger partial charge >= 0.3 is 6.09 Å². The lowest BCUT2D eigenvalue weighted by molar-refractivity contribution is -0.124. The number of thiocarbonyl (C=S) groups is 1. The second-order valence-corrected chi connectivity index (χ2v) is 8.35. The first kappa shape index (κ1) is 23.9. The fraction of sp³-hybridized carbons (Fsp3) is 0.333. The molecule has 5 N–H and O–H groups in total. The van der Waals surface area contributed by atoms with Crippen molar-refractivity contribution in [2.75, 3.05) is 0 Å². The zero-order chi connectivity index (χ0) is 23.2. The summed E-state index contributed by atoms with van der Waals surface area (Å²) in [7, 11) is 0. The van der Waals surface area contributed by atoms with E-state index in [1.165, 1.54) is 6.92 Å². The lowest BCUT2D eigenvalue weighted by Gasteiger charge is -2.23. The SMILES string of the molecule is C=C(C)C(=O)NC(=S)NNC(=O)C(Cc1c[nH]c2ccccc12)NC(=O)OC(C)(C)C. The third-order valence-electron chi connectivity index (χ3n) is 4.02. The van der Waals surface area contributed by atoms with Crippen molar-refractivity contribution in [1.82, 2.24) is 26.5 Å². The maximum Gasteiger partial charge on any atom is 0.408 e. The minimum Gasteiger partial charge on any atom is -0.444 e. The van der Waals surface area contributed by atoms with Crippen LogP contribution in [0.2, 0.25) is 0 Å². The number of aromatic nitrogens is 1. The summed E-state index contributed by atoms with van der Waals surface area (Å²) in [5, 5.41) is 5.78. The first-order valence-corrected chi connectivity index (χ1v) is 9.98. The molecule has 10 heteroatoms. The molecule has 0 fully saturated rings. The molecule has 31 heavy (non-hydrogen) atoms. The van der Waals surface area contributed by atoms with Crippen molar-refractivity contribution in [3.63, 3.8) is 0 Å². The number of amides is 3. The van der Waals surface area contributed by atoms with Crippen molar-refractivity contribution in [3.05, 3.63) is 48.2 Å². The maximum absolute atomic E-state index is 12.8. The van der Waals surface area contributed by atoms with Crippen LogP contribution in [-0.2, 0) is 20.7 Å². The van der Waals surface area contributed by atoms with Crippen LogP contribution >= 0.6 is 12.2 Å². The second kappa shape index (κ2) is 10.1. The van der Waals surface area contributed by atoms with E-state index in [0.29, 0.717) is 0 Å². The van der Waals surface area contributed by atoms with E-state index in [2.05, 4.69) is 33.0 Å². The Morgan fingerprint density at radius 3 is 2.52 bits per heavy atom. The molecule has 0 aliphatic rings. The van der Waals surface area contributed by atoms with Gasteiger partial charge in [0.1, 0.15) is 11.6 Å². The topological polar surface area (TPSA) is 124 Å². The molecule has 1 unspecified atom stereocenters. The standard InChI is InChI=1S/C21H27N5O4S/c1-12(2)17(27)24-19(31)26-25-18(28)16(23-20(29)30-21(3,4)5)10-13-11-22-15-9-7-6-8-14(13)15/h6-9,11,16,22H,1,10H2,2-5H3,(H,23,29)(H,25,28)(H2,24,26,27,31). The van der Waals surface area contributed by atoms with Crippen molar-refractivity contribution in [2.45, 2.75) is 45.8 Å². The predicted molar refractivity (Wildman–Crippen MR) is 122 cm³/mol. The normalized spacial score (nSPS) is 11.9. The van der Waals surface area contributed by atoms with Gasteiger partial charge in [0.2, 0.25) is 0 Å². The summed E-state index contributed by atoms with van der Waals surface area (Å²) in [5.41, 5.74) is 6.14. The van der Waals surface area contributed by atoms with E-state index in [4.69, 9.17) is 17.0 Å². The van der Waals surface area contributed by atoms with Gasteiger partial charge in [-0.2, -0.15) is 0 Å². The van der Waals surface area contributed by atoms with Gasteiger partial charge in [-0.3, -0.25) is 25.8 Å². The van der Waals surface area contributed by atoms with Gasteiger partial charge < -0.3 is 15.0 Å². The van der Waals surface area contributed by atoms with Gasteiger partial charge in [-0.15, -0.1) is 0 Å². The monoisotopic (exact) mass is 445 g/mol. The molecule has 0 spiro atoms. The Morgan fingerprint density at radius 1 is 1.19 bits per heavy atom. The largest absolute Gasteiger partial charge is 0.444 e. The maximum atomic E-state index is 12.8. The molecule has 9 nitrogen and oxygen atoms in total. The van der Waals surface area contributed by atoms with Crippen LogP contribution in [0.3, 0.4) is 0 Å². The zero-order valence-electron chi connectivity index (χ0n) is 17.9. The van der Waals surface area contributed by atoms with E-state index < -0.39 is 29.6 Å². The number of hydrazine groups is 1. The Labute approximate surface area is 186 Å². The molecule has 2 aromatic rings. The highest BCUT2D eigenvalue weighted by atomic mass is 32.1. The Balaban J connectivity index is 2.11. The minimum absolute atomic E-state index is 0.107. The number of rotatable bonds is 5. The highest BCUT2D eigenvalue weighted by Gasteiger charge is 2.26. The number of carbonyl (C=O) groups excluding carboxylic acids is 3. The molecule has 0 aliphatic carbocycles. The lowest BCUT2D eigenvalue weighted by atomic mass is 10.0. The summed E-state index contributed by atoms with van der Waals surface area (Å²) < 4.78 is 5.28. The van der Waals surface area contributed by atoms with Gasteiger partial charge in [0.15, 0.2) is 5.11 Å². The van der Waals surface area contributed by atoms with Crippen molar-refractivity contribution in [3.8, 4) is 0 Å². The molecule has 2 rings (SSSR count). The Bertz CT molecular complexity index is 1010. The average Bonchev–Trinajstić information content (AvgIpc) is 3.07. The fourth-order valence-corrected chi connectivity index (χ4v) is 2.77. The van der Waals surface area contributed by atoms with Crippen LogP contribution in [0.15, 0.2) is 42.6 Å². The fourth-order valence-electron chi connectivity index (χ4n) is 2.63. The first-order valence-electron chi connectivity index (χ1n) is 9.57. The second-order valence-electron chi connectivity index (χ2n) is 7.94. The smallest absolute Gasteiger partial charge is 0.408 e. The number of hydrogen-bond donors (Lipinski definition) is 5. The molecule has 1 heterocycles. The van der Waals surface area contributed by atoms with E-state index in [1.807, 2.05) is 24.3 Å². The molecule has 0 bridgehead atoms. The number of carbonyl (C=O) groups is 3. The molecular formula is C21H27N5O4S. The lowest BCUT2D eigenvalue weighted by Crippen LogP contribution is -2.55. The van der Waals surface area contributed by atoms with Crippen LogP contribution in [0.4, 0.5) is 4.79 Å². The van der Waals surface area contributed by atoms with E-state index in [0.717, 1.165) is 16.5 Å². The third-order valence-corrected chi connectivity index (χ3v) is 4.22. The van der Waals surface area contributed by atoms with Gasteiger partial charge in [0.05, 0.1) is 0 Å². The van der Waals surface area contributed by atoms with Gasteiger partial charge in [-0.1, -0.05) is 24.8 Å². The minimum atomic E-state index is -0.971. The molecule has 0 aliphatic heterocycles. The highest BCUT2D eigenvalue weighted by Crippen LogP contribution is 2.19. The quantitative estimate of drug-likeness (QED) is 0.273. The number of aromatic amines is 1. The Morgan fingerprint density at radius 2 is 1.87 bits per heavy atom. The van der Waals surface area contributed by atoms with Gasteiger partial charge in [0, 0.05) is 29.1 Å². The van der Waals surface area contributed by atoms with Crippen LogP contribution in [-0.4, -0.2) is 39.6 Å². The predicted octanol–water partition coefficient (Wildman–Crippen LogP) is 2.20. The first-order chi connectivity index (χ1) is 14.5. The number of H-pyrrole nitrogens is 1. The third kappa shape index (κ3) is 7.41. The summed E-state index contributed by atoms with van der Waals surface area (Å²) in [4.78, 5) is 39.8. The number of alkyl carbamates (subject to hydrolysis) is 1. The van der Waals surface area contributed by atoms with E-state index in [1.54, 1.807) is 27.0 Å².